The number of likely N-dealkylation sites (tertiary alicyclic amines) is 1. The number of amides is 1. The lowest BCUT2D eigenvalue weighted by molar-refractivity contribution is -0.123. The molecule has 2 saturated heterocycles. The summed E-state index contributed by atoms with van der Waals surface area (Å²) in [6, 6.07) is 0.118. The predicted molar refractivity (Wildman–Crippen MR) is 75.1 cm³/mol. The lowest BCUT2D eigenvalue weighted by Gasteiger charge is -2.25. The molecule has 2 N–H and O–H groups in total. The average molecular weight is 269 g/mol. The van der Waals surface area contributed by atoms with Gasteiger partial charge in [-0.05, 0) is 25.9 Å². The number of ether oxygens (including phenoxy) is 1. The Morgan fingerprint density at radius 2 is 1.89 bits per heavy atom. The third-order valence-electron chi connectivity index (χ3n) is 4.12. The Labute approximate surface area is 116 Å². The molecule has 2 atom stereocenters. The summed E-state index contributed by atoms with van der Waals surface area (Å²) in [6.45, 7) is 4.29. The van der Waals surface area contributed by atoms with Crippen LogP contribution in [0.2, 0.25) is 0 Å². The fraction of sp³-hybridized carbons (Fsp3) is 0.929. The van der Waals surface area contributed by atoms with E-state index in [0.717, 1.165) is 26.2 Å². The molecule has 19 heavy (non-hydrogen) atoms. The van der Waals surface area contributed by atoms with E-state index in [2.05, 4.69) is 15.5 Å². The van der Waals surface area contributed by atoms with Crippen LogP contribution in [0.15, 0.2) is 0 Å². The van der Waals surface area contributed by atoms with Crippen molar-refractivity contribution in [3.05, 3.63) is 0 Å². The van der Waals surface area contributed by atoms with E-state index < -0.39 is 0 Å². The molecule has 2 fully saturated rings. The second-order valence-electron chi connectivity index (χ2n) is 5.65. The smallest absolute Gasteiger partial charge is 0.234 e. The molecule has 110 valence electrons. The molecular weight excluding hydrogens is 242 g/mol. The fourth-order valence-electron chi connectivity index (χ4n) is 2.97. The highest BCUT2D eigenvalue weighted by Crippen LogP contribution is 2.10. The van der Waals surface area contributed by atoms with Crippen LogP contribution < -0.4 is 10.6 Å². The zero-order chi connectivity index (χ0) is 13.5. The molecule has 0 saturated carbocycles. The summed E-state index contributed by atoms with van der Waals surface area (Å²) in [7, 11) is 1.70. The van der Waals surface area contributed by atoms with E-state index in [4.69, 9.17) is 4.74 Å². The summed E-state index contributed by atoms with van der Waals surface area (Å²) < 4.78 is 5.36. The Balaban J connectivity index is 1.73. The molecule has 5 nitrogen and oxygen atoms in total. The van der Waals surface area contributed by atoms with E-state index in [1.807, 2.05) is 0 Å². The first-order valence-electron chi connectivity index (χ1n) is 7.55. The van der Waals surface area contributed by atoms with Gasteiger partial charge in [-0.15, -0.1) is 0 Å². The van der Waals surface area contributed by atoms with Crippen LogP contribution in [-0.2, 0) is 9.53 Å². The molecule has 2 rings (SSSR count). The first-order valence-corrected chi connectivity index (χ1v) is 7.55. The van der Waals surface area contributed by atoms with Gasteiger partial charge in [0.2, 0.25) is 5.91 Å². The van der Waals surface area contributed by atoms with E-state index in [1.54, 1.807) is 7.11 Å². The largest absolute Gasteiger partial charge is 0.378 e. The minimum absolute atomic E-state index is 0.108. The van der Waals surface area contributed by atoms with Crippen molar-refractivity contribution in [1.29, 1.82) is 0 Å². The maximum atomic E-state index is 12.1. The Kier molecular flexibility index (Phi) is 6.07. The molecule has 2 heterocycles. The summed E-state index contributed by atoms with van der Waals surface area (Å²) >= 11 is 0. The Morgan fingerprint density at radius 1 is 1.21 bits per heavy atom. The monoisotopic (exact) mass is 269 g/mol. The molecule has 0 unspecified atom stereocenters. The average Bonchev–Trinajstić information content (AvgIpc) is 2.79. The lowest BCUT2D eigenvalue weighted by Crippen LogP contribution is -2.47. The molecule has 0 radical (unpaired) electrons. The summed E-state index contributed by atoms with van der Waals surface area (Å²) in [6.07, 6.45) is 6.50. The minimum Gasteiger partial charge on any atom is -0.378 e. The molecule has 0 aliphatic carbocycles. The number of carbonyl (C=O) groups is 1. The van der Waals surface area contributed by atoms with E-state index >= 15 is 0 Å². The molecule has 1 amide bonds. The van der Waals surface area contributed by atoms with Gasteiger partial charge in [0, 0.05) is 20.2 Å². The quantitative estimate of drug-likeness (QED) is 0.773. The highest BCUT2D eigenvalue weighted by molar-refractivity contribution is 5.78. The van der Waals surface area contributed by atoms with Crippen molar-refractivity contribution < 1.29 is 9.53 Å². The molecule has 0 bridgehead atoms. The second-order valence-corrected chi connectivity index (χ2v) is 5.65. The van der Waals surface area contributed by atoms with Crippen molar-refractivity contribution in [3.63, 3.8) is 0 Å². The van der Waals surface area contributed by atoms with Gasteiger partial charge in [-0.3, -0.25) is 9.69 Å². The third kappa shape index (κ3) is 4.75. The van der Waals surface area contributed by atoms with Gasteiger partial charge in [0.15, 0.2) is 0 Å². The van der Waals surface area contributed by atoms with Crippen LogP contribution in [0, 0.1) is 0 Å². The molecule has 0 aromatic rings. The van der Waals surface area contributed by atoms with Crippen LogP contribution in [0.1, 0.15) is 32.1 Å². The Morgan fingerprint density at radius 3 is 2.58 bits per heavy atom. The lowest BCUT2D eigenvalue weighted by atomic mass is 10.1. The number of methoxy groups -OCH3 is 1. The second kappa shape index (κ2) is 7.82. The van der Waals surface area contributed by atoms with Crippen molar-refractivity contribution in [2.45, 2.75) is 44.2 Å². The normalized spacial score (nSPS) is 29.7. The minimum atomic E-state index is 0.108. The summed E-state index contributed by atoms with van der Waals surface area (Å²) in [5.74, 6) is 0.135. The van der Waals surface area contributed by atoms with Gasteiger partial charge in [-0.25, -0.2) is 0 Å². The van der Waals surface area contributed by atoms with Gasteiger partial charge in [0.25, 0.3) is 0 Å². The Bertz CT molecular complexity index is 278. The highest BCUT2D eigenvalue weighted by Gasteiger charge is 2.28. The standard InChI is InChI=1S/C14H27N3O2/c1-19-13-10-15-9-12(13)16-14(18)11-17-7-5-3-2-4-6-8-17/h12-13,15H,2-11H2,1H3,(H,16,18)/t12-,13-/m0/s1. The number of carbonyl (C=O) groups excluding carboxylic acids is 1. The molecule has 0 aromatic carbocycles. The Hall–Kier alpha value is -0.650. The molecule has 2 aliphatic heterocycles. The molecule has 0 spiro atoms. The van der Waals surface area contributed by atoms with Crippen molar-refractivity contribution in [3.8, 4) is 0 Å². The molecule has 2 aliphatic rings. The van der Waals surface area contributed by atoms with Crippen LogP contribution in [0.25, 0.3) is 0 Å². The SMILES string of the molecule is CO[C@H]1CNC[C@@H]1NC(=O)CN1CCCCCCC1. The van der Waals surface area contributed by atoms with Crippen molar-refractivity contribution in [1.82, 2.24) is 15.5 Å². The van der Waals surface area contributed by atoms with Gasteiger partial charge < -0.3 is 15.4 Å². The van der Waals surface area contributed by atoms with Crippen LogP contribution in [0.3, 0.4) is 0 Å². The number of rotatable bonds is 4. The van der Waals surface area contributed by atoms with E-state index in [-0.39, 0.29) is 18.1 Å². The zero-order valence-electron chi connectivity index (χ0n) is 12.0. The molecule has 0 aromatic heterocycles. The first-order chi connectivity index (χ1) is 9.29. The highest BCUT2D eigenvalue weighted by atomic mass is 16.5. The van der Waals surface area contributed by atoms with Gasteiger partial charge in [-0.2, -0.15) is 0 Å². The zero-order valence-corrected chi connectivity index (χ0v) is 12.0. The maximum absolute atomic E-state index is 12.1. The fourth-order valence-corrected chi connectivity index (χ4v) is 2.97. The van der Waals surface area contributed by atoms with Crippen LogP contribution in [0.5, 0.6) is 0 Å². The van der Waals surface area contributed by atoms with Crippen molar-refractivity contribution >= 4 is 5.91 Å². The van der Waals surface area contributed by atoms with Gasteiger partial charge in [-0.1, -0.05) is 19.3 Å². The maximum Gasteiger partial charge on any atom is 0.234 e. The van der Waals surface area contributed by atoms with Crippen LogP contribution in [-0.4, -0.2) is 62.8 Å². The van der Waals surface area contributed by atoms with Gasteiger partial charge in [0.05, 0.1) is 18.7 Å². The molecule has 5 heteroatoms. The van der Waals surface area contributed by atoms with E-state index in [1.165, 1.54) is 32.1 Å². The summed E-state index contributed by atoms with van der Waals surface area (Å²) in [5, 5.41) is 6.34. The van der Waals surface area contributed by atoms with E-state index in [0.29, 0.717) is 6.54 Å². The molecular formula is C14H27N3O2. The third-order valence-corrected chi connectivity index (χ3v) is 4.12. The number of hydrogen-bond acceptors (Lipinski definition) is 4. The number of nitrogens with one attached hydrogen (secondary N) is 2. The summed E-state index contributed by atoms with van der Waals surface area (Å²) in [4.78, 5) is 14.4. The van der Waals surface area contributed by atoms with Crippen LogP contribution in [0.4, 0.5) is 0 Å². The number of hydrogen-bond donors (Lipinski definition) is 2. The topological polar surface area (TPSA) is 53.6 Å². The van der Waals surface area contributed by atoms with Crippen LogP contribution >= 0.6 is 0 Å². The van der Waals surface area contributed by atoms with Crippen molar-refractivity contribution in [2.75, 3.05) is 39.8 Å². The predicted octanol–water partition coefficient (Wildman–Crippen LogP) is 0.356. The van der Waals surface area contributed by atoms with E-state index in [9.17, 15) is 4.79 Å². The summed E-state index contributed by atoms with van der Waals surface area (Å²) in [5.41, 5.74) is 0. The van der Waals surface area contributed by atoms with Crippen molar-refractivity contribution in [2.24, 2.45) is 0 Å². The van der Waals surface area contributed by atoms with Gasteiger partial charge in [0.1, 0.15) is 0 Å². The first kappa shape index (κ1) is 14.8. The van der Waals surface area contributed by atoms with Gasteiger partial charge >= 0.3 is 0 Å². The number of nitrogens with zero attached hydrogens (tertiary/aromatic N) is 1.